The van der Waals surface area contributed by atoms with E-state index in [0.717, 1.165) is 21.5 Å². The van der Waals surface area contributed by atoms with Crippen molar-refractivity contribution < 1.29 is 14.3 Å². The molecule has 0 aliphatic rings. The number of esters is 1. The average Bonchev–Trinajstić information content (AvgIpc) is 2.89. The van der Waals surface area contributed by atoms with Crippen LogP contribution >= 0.6 is 7.26 Å². The van der Waals surface area contributed by atoms with Gasteiger partial charge in [0.25, 0.3) is 5.91 Å². The molecule has 1 amide bonds. The van der Waals surface area contributed by atoms with Gasteiger partial charge in [0.15, 0.2) is 6.16 Å². The monoisotopic (exact) mass is 468 g/mol. The molecule has 170 valence electrons. The van der Waals surface area contributed by atoms with Gasteiger partial charge in [0.2, 0.25) is 0 Å². The quantitative estimate of drug-likeness (QED) is 0.316. The molecule has 4 nitrogen and oxygen atoms in total. The molecule has 0 unspecified atom stereocenters. The first-order valence-electron chi connectivity index (χ1n) is 11.1. The minimum absolute atomic E-state index is 0.149. The Morgan fingerprint density at radius 2 is 1.18 bits per heavy atom. The molecule has 1 N–H and O–H groups in total. The number of hydrogen-bond acceptors (Lipinski definition) is 3. The molecule has 0 bridgehead atoms. The molecule has 0 saturated heterocycles. The Kier molecular flexibility index (Phi) is 7.20. The molecule has 0 atom stereocenters. The summed E-state index contributed by atoms with van der Waals surface area (Å²) >= 11 is 0. The van der Waals surface area contributed by atoms with Gasteiger partial charge in [-0.1, -0.05) is 66.7 Å². The van der Waals surface area contributed by atoms with Crippen molar-refractivity contribution in [3.8, 4) is 0 Å². The maximum atomic E-state index is 13.7. The molecule has 0 aliphatic carbocycles. The first kappa shape index (κ1) is 23.4. The molecule has 0 radical (unpaired) electrons. The lowest BCUT2D eigenvalue weighted by atomic mass is 10.1. The molecule has 0 fully saturated rings. The molecular weight excluding hydrogens is 441 g/mol. The first-order valence-corrected chi connectivity index (χ1v) is 13.1. The Hall–Kier alpha value is -3.75. The number of hydrogen-bond donors (Lipinski definition) is 1. The van der Waals surface area contributed by atoms with Gasteiger partial charge in [-0.2, -0.15) is 0 Å². The van der Waals surface area contributed by atoms with Gasteiger partial charge in [-0.3, -0.25) is 4.79 Å². The second kappa shape index (κ2) is 10.5. The summed E-state index contributed by atoms with van der Waals surface area (Å²) in [7, 11) is -0.995. The van der Waals surface area contributed by atoms with Crippen LogP contribution in [-0.2, 0) is 9.53 Å². The van der Waals surface area contributed by atoms with Crippen molar-refractivity contribution in [1.29, 1.82) is 0 Å². The van der Waals surface area contributed by atoms with Crippen LogP contribution in [0.25, 0.3) is 0 Å². The van der Waals surface area contributed by atoms with E-state index in [4.69, 9.17) is 4.74 Å². The molecule has 4 aromatic carbocycles. The maximum absolute atomic E-state index is 13.7. The average molecular weight is 469 g/mol. The third-order valence-corrected chi connectivity index (χ3v) is 10.2. The second-order valence-electron chi connectivity index (χ2n) is 8.01. The highest BCUT2D eigenvalue weighted by Gasteiger charge is 2.47. The highest BCUT2D eigenvalue weighted by molar-refractivity contribution is 7.96. The van der Waals surface area contributed by atoms with E-state index in [0.29, 0.717) is 11.3 Å². The summed E-state index contributed by atoms with van der Waals surface area (Å²) in [6, 6.07) is 36.0. The number of benzene rings is 4. The minimum atomic E-state index is -2.34. The summed E-state index contributed by atoms with van der Waals surface area (Å²) in [5, 5.41) is 6.42. The summed E-state index contributed by atoms with van der Waals surface area (Å²) in [5.41, 5.74) is 1.64. The largest absolute Gasteiger partial charge is 0.465 e. The highest BCUT2D eigenvalue weighted by atomic mass is 31.2. The van der Waals surface area contributed by atoms with Crippen molar-refractivity contribution in [1.82, 2.24) is 0 Å². The van der Waals surface area contributed by atoms with Gasteiger partial charge in [0.05, 0.1) is 18.4 Å². The Morgan fingerprint density at radius 1 is 0.706 bits per heavy atom. The SMILES string of the molecule is COC(=O)c1cccc(C)c1NC(=O)C[P+](c1ccccc1)(c1ccccc1)c1ccccc1. The molecule has 34 heavy (non-hydrogen) atoms. The van der Waals surface area contributed by atoms with Crippen molar-refractivity contribution in [2.45, 2.75) is 6.92 Å². The third kappa shape index (κ3) is 4.64. The number of nitrogens with one attached hydrogen (secondary N) is 1. The minimum Gasteiger partial charge on any atom is -0.465 e. The van der Waals surface area contributed by atoms with Crippen molar-refractivity contribution in [3.63, 3.8) is 0 Å². The third-order valence-electron chi connectivity index (χ3n) is 5.91. The summed E-state index contributed by atoms with van der Waals surface area (Å²) in [6.07, 6.45) is 0.264. The van der Waals surface area contributed by atoms with Crippen molar-refractivity contribution >= 4 is 40.7 Å². The zero-order chi connectivity index (χ0) is 24.0. The van der Waals surface area contributed by atoms with Gasteiger partial charge >= 0.3 is 5.97 Å². The van der Waals surface area contributed by atoms with E-state index in [1.165, 1.54) is 7.11 Å². The summed E-state index contributed by atoms with van der Waals surface area (Å²) < 4.78 is 4.94. The van der Waals surface area contributed by atoms with Gasteiger partial charge in [-0.05, 0) is 55.0 Å². The molecule has 0 aliphatic heterocycles. The van der Waals surface area contributed by atoms with Crippen LogP contribution in [0.4, 0.5) is 5.69 Å². The van der Waals surface area contributed by atoms with Gasteiger partial charge in [-0.25, -0.2) is 4.79 Å². The van der Waals surface area contributed by atoms with E-state index in [9.17, 15) is 9.59 Å². The number of methoxy groups -OCH3 is 1. The van der Waals surface area contributed by atoms with Crippen LogP contribution < -0.4 is 21.2 Å². The van der Waals surface area contributed by atoms with Gasteiger partial charge < -0.3 is 10.1 Å². The Bertz CT molecular complexity index is 1180. The van der Waals surface area contributed by atoms with Crippen LogP contribution in [0.1, 0.15) is 15.9 Å². The topological polar surface area (TPSA) is 55.4 Å². The van der Waals surface area contributed by atoms with E-state index in [1.807, 2.05) is 67.6 Å². The lowest BCUT2D eigenvalue weighted by Gasteiger charge is -2.27. The van der Waals surface area contributed by atoms with E-state index in [1.54, 1.807) is 12.1 Å². The zero-order valence-electron chi connectivity index (χ0n) is 19.3. The lowest BCUT2D eigenvalue weighted by Crippen LogP contribution is -2.37. The van der Waals surface area contributed by atoms with Crippen LogP contribution in [0.3, 0.4) is 0 Å². The van der Waals surface area contributed by atoms with E-state index in [-0.39, 0.29) is 12.1 Å². The van der Waals surface area contributed by atoms with Crippen molar-refractivity contribution in [2.75, 3.05) is 18.6 Å². The predicted octanol–water partition coefficient (Wildman–Crippen LogP) is 4.71. The Morgan fingerprint density at radius 3 is 1.62 bits per heavy atom. The van der Waals surface area contributed by atoms with Crippen molar-refractivity contribution in [2.24, 2.45) is 0 Å². The van der Waals surface area contributed by atoms with E-state index >= 15 is 0 Å². The van der Waals surface area contributed by atoms with Crippen molar-refractivity contribution in [3.05, 3.63) is 120 Å². The standard InChI is InChI=1S/C29H26NO3P/c1-22-13-12-20-26(29(32)33-2)28(22)30-27(31)21-34(23-14-6-3-7-15-23,24-16-8-4-9-17-24)25-18-10-5-11-19-25/h3-20H,21H2,1-2H3/p+1. The number of amides is 1. The van der Waals surface area contributed by atoms with E-state index in [2.05, 4.69) is 41.7 Å². The fraction of sp³-hybridized carbons (Fsp3) is 0.103. The number of ether oxygens (including phenoxy) is 1. The fourth-order valence-corrected chi connectivity index (χ4v) is 8.27. The Balaban J connectivity index is 1.84. The molecule has 5 heteroatoms. The van der Waals surface area contributed by atoms with Crippen LogP contribution in [-0.4, -0.2) is 25.1 Å². The zero-order valence-corrected chi connectivity index (χ0v) is 20.2. The fourth-order valence-electron chi connectivity index (χ4n) is 4.28. The number of para-hydroxylation sites is 1. The van der Waals surface area contributed by atoms with E-state index < -0.39 is 13.2 Å². The summed E-state index contributed by atoms with van der Waals surface area (Å²) in [5.74, 6) is -0.626. The van der Waals surface area contributed by atoms with Crippen LogP contribution in [0, 0.1) is 6.92 Å². The first-order chi connectivity index (χ1) is 16.6. The van der Waals surface area contributed by atoms with Crippen LogP contribution in [0.2, 0.25) is 0 Å². The molecule has 4 rings (SSSR count). The smallest absolute Gasteiger partial charge is 0.339 e. The molecule has 0 aromatic heterocycles. The normalized spacial score (nSPS) is 11.0. The summed E-state index contributed by atoms with van der Waals surface area (Å²) in [6.45, 7) is 1.87. The van der Waals surface area contributed by atoms with Gasteiger partial charge in [-0.15, -0.1) is 0 Å². The van der Waals surface area contributed by atoms with Gasteiger partial charge in [0, 0.05) is 0 Å². The number of rotatable bonds is 7. The Labute approximate surface area is 200 Å². The number of carbonyl (C=O) groups is 2. The van der Waals surface area contributed by atoms with Crippen LogP contribution in [0.15, 0.2) is 109 Å². The number of carbonyl (C=O) groups excluding carboxylic acids is 2. The number of aryl methyl sites for hydroxylation is 1. The lowest BCUT2D eigenvalue weighted by molar-refractivity contribution is -0.113. The second-order valence-corrected chi connectivity index (χ2v) is 11.5. The summed E-state index contributed by atoms with van der Waals surface area (Å²) in [4.78, 5) is 26.1. The maximum Gasteiger partial charge on any atom is 0.339 e. The molecule has 4 aromatic rings. The molecule has 0 spiro atoms. The molecular formula is C29H27NO3P+. The molecule has 0 saturated carbocycles. The highest BCUT2D eigenvalue weighted by Crippen LogP contribution is 2.55. The van der Waals surface area contributed by atoms with Gasteiger partial charge in [0.1, 0.15) is 23.2 Å². The predicted molar refractivity (Wildman–Crippen MR) is 141 cm³/mol. The van der Waals surface area contributed by atoms with Crippen LogP contribution in [0.5, 0.6) is 0 Å². The number of anilines is 1. The molecule has 0 heterocycles.